The van der Waals surface area contributed by atoms with Crippen LogP contribution in [0.15, 0.2) is 47.6 Å². The molecular formula is C21H20N4O3. The zero-order valence-corrected chi connectivity index (χ0v) is 15.7. The van der Waals surface area contributed by atoms with Crippen LogP contribution in [0.1, 0.15) is 27.2 Å². The standard InChI is InChI=1S/C21H20N4O3/c1-27-17-10-7-13(11-18(17)28-2)12-22-25-21(26)20-16-9-8-14-5-3-4-6-15(14)19(16)23-24-20/h3-7,10-12H,8-9H2,1-2H3,(H,23,24)(H,25,26)/b22-12-. The second kappa shape index (κ2) is 7.56. The van der Waals surface area contributed by atoms with Crippen molar-refractivity contribution in [2.75, 3.05) is 14.2 Å². The monoisotopic (exact) mass is 376 g/mol. The summed E-state index contributed by atoms with van der Waals surface area (Å²) in [6.07, 6.45) is 3.21. The zero-order valence-electron chi connectivity index (χ0n) is 15.7. The van der Waals surface area contributed by atoms with Crippen LogP contribution in [0.25, 0.3) is 11.3 Å². The summed E-state index contributed by atoms with van der Waals surface area (Å²) in [5.74, 6) is 0.914. The van der Waals surface area contributed by atoms with Crippen LogP contribution in [0, 0.1) is 0 Å². The number of aryl methyl sites for hydroxylation is 1. The van der Waals surface area contributed by atoms with Crippen molar-refractivity contribution in [1.29, 1.82) is 0 Å². The lowest BCUT2D eigenvalue weighted by molar-refractivity contribution is 0.0949. The van der Waals surface area contributed by atoms with Gasteiger partial charge < -0.3 is 9.47 Å². The number of nitrogens with one attached hydrogen (secondary N) is 2. The summed E-state index contributed by atoms with van der Waals surface area (Å²) < 4.78 is 10.5. The molecular weight excluding hydrogens is 356 g/mol. The molecule has 0 fully saturated rings. The van der Waals surface area contributed by atoms with E-state index >= 15 is 0 Å². The van der Waals surface area contributed by atoms with Crippen LogP contribution in [0.5, 0.6) is 11.5 Å². The molecule has 1 aromatic heterocycles. The Hall–Kier alpha value is -3.61. The van der Waals surface area contributed by atoms with Crippen molar-refractivity contribution >= 4 is 12.1 Å². The summed E-state index contributed by atoms with van der Waals surface area (Å²) in [5.41, 5.74) is 7.89. The van der Waals surface area contributed by atoms with Gasteiger partial charge in [-0.15, -0.1) is 0 Å². The Morgan fingerprint density at radius 3 is 2.79 bits per heavy atom. The number of benzene rings is 2. The maximum Gasteiger partial charge on any atom is 0.289 e. The Balaban J connectivity index is 1.50. The summed E-state index contributed by atoms with van der Waals surface area (Å²) in [5, 5.41) is 11.3. The molecule has 7 heteroatoms. The van der Waals surface area contributed by atoms with E-state index in [4.69, 9.17) is 9.47 Å². The summed E-state index contributed by atoms with van der Waals surface area (Å²) >= 11 is 0. The third kappa shape index (κ3) is 3.22. The van der Waals surface area contributed by atoms with E-state index in [2.05, 4.69) is 26.8 Å². The molecule has 142 valence electrons. The quantitative estimate of drug-likeness (QED) is 0.529. The Morgan fingerprint density at radius 2 is 1.96 bits per heavy atom. The number of aromatic nitrogens is 2. The second-order valence-corrected chi connectivity index (χ2v) is 6.40. The van der Waals surface area contributed by atoms with Gasteiger partial charge in [-0.05, 0) is 42.2 Å². The van der Waals surface area contributed by atoms with Crippen molar-refractivity contribution in [3.63, 3.8) is 0 Å². The molecule has 0 unspecified atom stereocenters. The number of nitrogens with zero attached hydrogens (tertiary/aromatic N) is 2. The SMILES string of the molecule is COc1ccc(/C=N\NC(=O)c2[nH]nc3c2CCc2ccccc2-3)cc1OC. The van der Waals surface area contributed by atoms with Gasteiger partial charge in [0.1, 0.15) is 5.69 Å². The number of hydrogen-bond acceptors (Lipinski definition) is 5. The van der Waals surface area contributed by atoms with Crippen LogP contribution < -0.4 is 14.9 Å². The highest BCUT2D eigenvalue weighted by Crippen LogP contribution is 2.33. The molecule has 0 aliphatic heterocycles. The van der Waals surface area contributed by atoms with E-state index in [0.29, 0.717) is 17.2 Å². The van der Waals surface area contributed by atoms with Crippen LogP contribution in [-0.2, 0) is 12.8 Å². The van der Waals surface area contributed by atoms with Gasteiger partial charge in [0.2, 0.25) is 0 Å². The van der Waals surface area contributed by atoms with Crippen molar-refractivity contribution in [1.82, 2.24) is 15.6 Å². The van der Waals surface area contributed by atoms with Crippen LogP contribution in [-0.4, -0.2) is 36.5 Å². The van der Waals surface area contributed by atoms with Gasteiger partial charge in [0, 0.05) is 11.1 Å². The fourth-order valence-electron chi connectivity index (χ4n) is 3.40. The van der Waals surface area contributed by atoms with E-state index in [0.717, 1.165) is 35.2 Å². The smallest absolute Gasteiger partial charge is 0.289 e. The van der Waals surface area contributed by atoms with E-state index in [-0.39, 0.29) is 5.91 Å². The molecule has 0 saturated heterocycles. The maximum atomic E-state index is 12.6. The van der Waals surface area contributed by atoms with Crippen LogP contribution >= 0.6 is 0 Å². The van der Waals surface area contributed by atoms with E-state index in [9.17, 15) is 4.79 Å². The maximum absolute atomic E-state index is 12.6. The second-order valence-electron chi connectivity index (χ2n) is 6.40. The van der Waals surface area contributed by atoms with Crippen molar-refractivity contribution in [2.24, 2.45) is 5.10 Å². The van der Waals surface area contributed by atoms with Gasteiger partial charge in [0.25, 0.3) is 5.91 Å². The Kier molecular flexibility index (Phi) is 4.80. The first-order valence-electron chi connectivity index (χ1n) is 8.92. The molecule has 1 aliphatic rings. The molecule has 0 saturated carbocycles. The fourth-order valence-corrected chi connectivity index (χ4v) is 3.40. The summed E-state index contributed by atoms with van der Waals surface area (Å²) in [4.78, 5) is 12.6. The number of rotatable bonds is 5. The summed E-state index contributed by atoms with van der Waals surface area (Å²) in [7, 11) is 3.15. The molecule has 4 rings (SSSR count). The van der Waals surface area contributed by atoms with Crippen molar-refractivity contribution in [2.45, 2.75) is 12.8 Å². The molecule has 1 heterocycles. The van der Waals surface area contributed by atoms with Gasteiger partial charge >= 0.3 is 0 Å². The van der Waals surface area contributed by atoms with Gasteiger partial charge in [-0.3, -0.25) is 9.89 Å². The van der Waals surface area contributed by atoms with Crippen LogP contribution in [0.4, 0.5) is 0 Å². The van der Waals surface area contributed by atoms with Gasteiger partial charge in [-0.25, -0.2) is 5.43 Å². The van der Waals surface area contributed by atoms with E-state index in [1.165, 1.54) is 5.56 Å². The normalized spacial score (nSPS) is 12.4. The van der Waals surface area contributed by atoms with E-state index in [1.807, 2.05) is 24.3 Å². The molecule has 2 aromatic carbocycles. The molecule has 1 amide bonds. The number of carbonyl (C=O) groups is 1. The lowest BCUT2D eigenvalue weighted by Crippen LogP contribution is -2.20. The molecule has 28 heavy (non-hydrogen) atoms. The Morgan fingerprint density at radius 1 is 1.14 bits per heavy atom. The molecule has 3 aromatic rings. The number of methoxy groups -OCH3 is 2. The predicted octanol–water partition coefficient (Wildman–Crippen LogP) is 2.96. The topological polar surface area (TPSA) is 88.6 Å². The minimum atomic E-state index is -0.315. The Bertz CT molecular complexity index is 1060. The number of ether oxygens (including phenoxy) is 2. The number of H-pyrrole nitrogens is 1. The number of carbonyl (C=O) groups excluding carboxylic acids is 1. The molecule has 1 aliphatic carbocycles. The third-order valence-electron chi connectivity index (χ3n) is 4.80. The highest BCUT2D eigenvalue weighted by atomic mass is 16.5. The minimum Gasteiger partial charge on any atom is -0.493 e. The highest BCUT2D eigenvalue weighted by molar-refractivity contribution is 5.96. The number of fused-ring (bicyclic) bond motifs is 3. The van der Waals surface area contributed by atoms with E-state index in [1.54, 1.807) is 32.6 Å². The fraction of sp³-hybridized carbons (Fsp3) is 0.190. The number of hydrazone groups is 1. The van der Waals surface area contributed by atoms with Crippen molar-refractivity contribution in [3.05, 3.63) is 64.8 Å². The average Bonchev–Trinajstić information content (AvgIpc) is 3.18. The lowest BCUT2D eigenvalue weighted by Gasteiger charge is -2.15. The van der Waals surface area contributed by atoms with Crippen molar-refractivity contribution < 1.29 is 14.3 Å². The summed E-state index contributed by atoms with van der Waals surface area (Å²) in [6.45, 7) is 0. The molecule has 2 N–H and O–H groups in total. The Labute approximate surface area is 162 Å². The third-order valence-corrected chi connectivity index (χ3v) is 4.80. The zero-order chi connectivity index (χ0) is 19.5. The molecule has 7 nitrogen and oxygen atoms in total. The first-order valence-corrected chi connectivity index (χ1v) is 8.92. The first-order chi connectivity index (χ1) is 13.7. The summed E-state index contributed by atoms with van der Waals surface area (Å²) in [6, 6.07) is 13.5. The van der Waals surface area contributed by atoms with Gasteiger partial charge in [0.15, 0.2) is 11.5 Å². The molecule has 0 spiro atoms. The largest absolute Gasteiger partial charge is 0.493 e. The number of amides is 1. The number of hydrogen-bond donors (Lipinski definition) is 2. The minimum absolute atomic E-state index is 0.315. The predicted molar refractivity (Wildman–Crippen MR) is 106 cm³/mol. The number of aromatic amines is 1. The van der Waals surface area contributed by atoms with E-state index < -0.39 is 0 Å². The van der Waals surface area contributed by atoms with Gasteiger partial charge in [0.05, 0.1) is 26.1 Å². The van der Waals surface area contributed by atoms with Gasteiger partial charge in [-0.1, -0.05) is 24.3 Å². The van der Waals surface area contributed by atoms with Gasteiger partial charge in [-0.2, -0.15) is 10.2 Å². The first kappa shape index (κ1) is 17.8. The molecule has 0 atom stereocenters. The van der Waals surface area contributed by atoms with Crippen LogP contribution in [0.2, 0.25) is 0 Å². The van der Waals surface area contributed by atoms with Crippen molar-refractivity contribution in [3.8, 4) is 22.8 Å². The average molecular weight is 376 g/mol. The highest BCUT2D eigenvalue weighted by Gasteiger charge is 2.24. The molecule has 0 radical (unpaired) electrons. The molecule has 0 bridgehead atoms. The lowest BCUT2D eigenvalue weighted by atomic mass is 9.89. The van der Waals surface area contributed by atoms with Crippen LogP contribution in [0.3, 0.4) is 0 Å².